The molecule has 0 spiro atoms. The molecule has 0 aliphatic carbocycles. The number of primary sulfonamides is 1. The van der Waals surface area contributed by atoms with E-state index in [1.807, 2.05) is 0 Å². The number of sulfonamides is 1. The fourth-order valence-corrected chi connectivity index (χ4v) is 2.67. The number of hydrogen-bond donors (Lipinski definition) is 3. The number of nitrogens with one attached hydrogen (secondary N) is 1. The van der Waals surface area contributed by atoms with Crippen molar-refractivity contribution in [3.8, 4) is 0 Å². The molecule has 0 aromatic heterocycles. The largest absolute Gasteiger partial charge is 0.399 e. The van der Waals surface area contributed by atoms with E-state index in [0.29, 0.717) is 30.1 Å². The van der Waals surface area contributed by atoms with Crippen LogP contribution < -0.4 is 16.2 Å². The van der Waals surface area contributed by atoms with Crippen molar-refractivity contribution in [1.29, 1.82) is 0 Å². The summed E-state index contributed by atoms with van der Waals surface area (Å²) in [6.07, 6.45) is 1.83. The molecule has 5 N–H and O–H groups in total. The second-order valence-electron chi connectivity index (χ2n) is 4.63. The van der Waals surface area contributed by atoms with E-state index < -0.39 is 10.0 Å². The fraction of sp³-hybridized carbons (Fsp3) is 0.538. The Balaban J connectivity index is 2.69. The Labute approximate surface area is 120 Å². The molecule has 7 heteroatoms. The van der Waals surface area contributed by atoms with Crippen LogP contribution in [0.15, 0.2) is 17.0 Å². The molecule has 0 aliphatic rings. The van der Waals surface area contributed by atoms with E-state index in [4.69, 9.17) is 15.6 Å². The van der Waals surface area contributed by atoms with Gasteiger partial charge in [0.05, 0.1) is 4.90 Å². The molecule has 1 aromatic carbocycles. The Kier molecular flexibility index (Phi) is 6.25. The maximum atomic E-state index is 11.5. The van der Waals surface area contributed by atoms with E-state index in [-0.39, 0.29) is 4.90 Å². The van der Waals surface area contributed by atoms with Crippen molar-refractivity contribution in [1.82, 2.24) is 0 Å². The van der Waals surface area contributed by atoms with Crippen LogP contribution in [-0.2, 0) is 14.8 Å². The van der Waals surface area contributed by atoms with Gasteiger partial charge in [0.1, 0.15) is 0 Å². The lowest BCUT2D eigenvalue weighted by Gasteiger charge is -2.13. The average Bonchev–Trinajstić information content (AvgIpc) is 2.35. The highest BCUT2D eigenvalue weighted by Gasteiger charge is 2.15. The molecule has 0 saturated heterocycles. The van der Waals surface area contributed by atoms with Gasteiger partial charge in [-0.3, -0.25) is 0 Å². The second kappa shape index (κ2) is 7.47. The van der Waals surface area contributed by atoms with Crippen LogP contribution in [0.3, 0.4) is 0 Å². The van der Waals surface area contributed by atoms with Crippen molar-refractivity contribution in [3.05, 3.63) is 17.7 Å². The van der Waals surface area contributed by atoms with Gasteiger partial charge < -0.3 is 15.8 Å². The van der Waals surface area contributed by atoms with Crippen LogP contribution in [0.2, 0.25) is 0 Å². The van der Waals surface area contributed by atoms with Gasteiger partial charge in [-0.1, -0.05) is 6.92 Å². The molecule has 0 unspecified atom stereocenters. The van der Waals surface area contributed by atoms with Crippen molar-refractivity contribution >= 4 is 21.4 Å². The van der Waals surface area contributed by atoms with Gasteiger partial charge in [-0.15, -0.1) is 0 Å². The summed E-state index contributed by atoms with van der Waals surface area (Å²) in [6.45, 7) is 5.87. The summed E-state index contributed by atoms with van der Waals surface area (Å²) in [4.78, 5) is 0.0576. The van der Waals surface area contributed by atoms with E-state index in [2.05, 4.69) is 12.2 Å². The summed E-state index contributed by atoms with van der Waals surface area (Å²) in [5.74, 6) is 0. The van der Waals surface area contributed by atoms with Crippen LogP contribution in [0.4, 0.5) is 11.4 Å². The molecule has 0 bridgehead atoms. The van der Waals surface area contributed by atoms with Gasteiger partial charge in [0.15, 0.2) is 0 Å². The molecular formula is C13H23N3O3S. The van der Waals surface area contributed by atoms with Crippen molar-refractivity contribution in [2.24, 2.45) is 5.14 Å². The highest BCUT2D eigenvalue weighted by Crippen LogP contribution is 2.25. The van der Waals surface area contributed by atoms with E-state index in [1.165, 1.54) is 6.07 Å². The van der Waals surface area contributed by atoms with Crippen molar-refractivity contribution in [3.63, 3.8) is 0 Å². The average molecular weight is 301 g/mol. The number of ether oxygens (including phenoxy) is 1. The summed E-state index contributed by atoms with van der Waals surface area (Å²) < 4.78 is 28.3. The molecule has 114 valence electrons. The molecule has 0 saturated carbocycles. The third-order valence-electron chi connectivity index (χ3n) is 2.82. The van der Waals surface area contributed by atoms with Crippen LogP contribution in [-0.4, -0.2) is 28.2 Å². The maximum Gasteiger partial charge on any atom is 0.238 e. The van der Waals surface area contributed by atoms with Crippen LogP contribution in [0.1, 0.15) is 25.3 Å². The lowest BCUT2D eigenvalue weighted by atomic mass is 10.1. The number of nitrogens with two attached hydrogens (primary N) is 2. The lowest BCUT2D eigenvalue weighted by Crippen LogP contribution is -2.16. The van der Waals surface area contributed by atoms with Crippen molar-refractivity contribution in [2.75, 3.05) is 30.8 Å². The third-order valence-corrected chi connectivity index (χ3v) is 3.86. The van der Waals surface area contributed by atoms with Gasteiger partial charge in [-0.25, -0.2) is 13.6 Å². The highest BCUT2D eigenvalue weighted by molar-refractivity contribution is 7.89. The summed E-state index contributed by atoms with van der Waals surface area (Å²) in [6, 6.07) is 3.08. The molecule has 1 aromatic rings. The molecule has 0 aliphatic heterocycles. The fourth-order valence-electron chi connectivity index (χ4n) is 1.83. The van der Waals surface area contributed by atoms with Crippen LogP contribution >= 0.6 is 0 Å². The summed E-state index contributed by atoms with van der Waals surface area (Å²) >= 11 is 0. The van der Waals surface area contributed by atoms with Gasteiger partial charge in [0.25, 0.3) is 0 Å². The standard InChI is InChI=1S/C13H23N3O3S/c1-3-6-19-7-4-5-16-12-8-11(14)9-13(10(12)2)20(15,17)18/h8-9,16H,3-7,14H2,1-2H3,(H2,15,17,18). The van der Waals surface area contributed by atoms with Crippen LogP contribution in [0.5, 0.6) is 0 Å². The number of anilines is 2. The normalized spacial score (nSPS) is 11.6. The number of rotatable bonds is 8. The smallest absolute Gasteiger partial charge is 0.238 e. The first kappa shape index (κ1) is 16.7. The molecule has 0 fully saturated rings. The zero-order valence-electron chi connectivity index (χ0n) is 12.0. The van der Waals surface area contributed by atoms with Gasteiger partial charge in [0.2, 0.25) is 10.0 Å². The quantitative estimate of drug-likeness (QED) is 0.497. The minimum atomic E-state index is -3.77. The molecule has 20 heavy (non-hydrogen) atoms. The van der Waals surface area contributed by atoms with Crippen LogP contribution in [0.25, 0.3) is 0 Å². The van der Waals surface area contributed by atoms with Gasteiger partial charge in [0, 0.05) is 31.1 Å². The number of hydrogen-bond acceptors (Lipinski definition) is 5. The molecular weight excluding hydrogens is 278 g/mol. The van der Waals surface area contributed by atoms with Gasteiger partial charge in [-0.2, -0.15) is 0 Å². The third kappa shape index (κ3) is 4.99. The summed E-state index contributed by atoms with van der Waals surface area (Å²) in [5, 5.41) is 8.34. The Morgan fingerprint density at radius 2 is 2.00 bits per heavy atom. The lowest BCUT2D eigenvalue weighted by molar-refractivity contribution is 0.134. The first-order valence-corrected chi connectivity index (χ1v) is 8.15. The SMILES string of the molecule is CCCOCCCNc1cc(N)cc(S(N)(=O)=O)c1C. The minimum Gasteiger partial charge on any atom is -0.399 e. The molecule has 0 atom stereocenters. The molecule has 0 amide bonds. The molecule has 1 rings (SSSR count). The molecule has 6 nitrogen and oxygen atoms in total. The number of nitrogen functional groups attached to an aromatic ring is 1. The van der Waals surface area contributed by atoms with E-state index in [0.717, 1.165) is 19.4 Å². The first-order valence-electron chi connectivity index (χ1n) is 6.60. The zero-order chi connectivity index (χ0) is 15.2. The molecule has 0 heterocycles. The minimum absolute atomic E-state index is 0.0576. The Hall–Kier alpha value is -1.31. The summed E-state index contributed by atoms with van der Waals surface area (Å²) in [7, 11) is -3.77. The van der Waals surface area contributed by atoms with Crippen molar-refractivity contribution in [2.45, 2.75) is 31.6 Å². The Bertz CT molecular complexity index is 544. The predicted molar refractivity (Wildman–Crippen MR) is 81.2 cm³/mol. The van der Waals surface area contributed by atoms with Gasteiger partial charge >= 0.3 is 0 Å². The second-order valence-corrected chi connectivity index (χ2v) is 6.16. The highest BCUT2D eigenvalue weighted by atomic mass is 32.2. The Morgan fingerprint density at radius 3 is 2.60 bits per heavy atom. The topological polar surface area (TPSA) is 107 Å². The van der Waals surface area contributed by atoms with Crippen molar-refractivity contribution < 1.29 is 13.2 Å². The predicted octanol–water partition coefficient (Wildman–Crippen LogP) is 1.45. The van der Waals surface area contributed by atoms with Crippen LogP contribution in [0, 0.1) is 6.92 Å². The van der Waals surface area contributed by atoms with E-state index >= 15 is 0 Å². The van der Waals surface area contributed by atoms with E-state index in [1.54, 1.807) is 13.0 Å². The molecule has 0 radical (unpaired) electrons. The summed E-state index contributed by atoms with van der Waals surface area (Å²) in [5.41, 5.74) is 7.34. The first-order chi connectivity index (χ1) is 9.36. The Morgan fingerprint density at radius 1 is 1.30 bits per heavy atom. The number of benzene rings is 1. The zero-order valence-corrected chi connectivity index (χ0v) is 12.8. The van der Waals surface area contributed by atoms with E-state index in [9.17, 15) is 8.42 Å². The maximum absolute atomic E-state index is 11.5. The monoisotopic (exact) mass is 301 g/mol. The van der Waals surface area contributed by atoms with Gasteiger partial charge in [-0.05, 0) is 37.5 Å².